The van der Waals surface area contributed by atoms with E-state index in [1.807, 2.05) is 0 Å². The zero-order valence-corrected chi connectivity index (χ0v) is 20.2. The van der Waals surface area contributed by atoms with Crippen LogP contribution in [0.15, 0.2) is 102 Å². The maximum Gasteiger partial charge on any atom is 0.137 e. The Labute approximate surface area is 206 Å². The number of fused-ring (bicyclic) bond motifs is 6. The van der Waals surface area contributed by atoms with Gasteiger partial charge in [-0.25, -0.2) is 0 Å². The van der Waals surface area contributed by atoms with E-state index in [1.165, 1.54) is 33.1 Å². The summed E-state index contributed by atoms with van der Waals surface area (Å²) in [5.74, 6) is 0.762. The highest BCUT2D eigenvalue weighted by atomic mass is 16.3. The molecule has 7 rings (SSSR count). The molecule has 35 heavy (non-hydrogen) atoms. The first kappa shape index (κ1) is 20.6. The van der Waals surface area contributed by atoms with Gasteiger partial charge in [-0.3, -0.25) is 0 Å². The van der Waals surface area contributed by atoms with Crippen LogP contribution >= 0.6 is 0 Å². The van der Waals surface area contributed by atoms with Crippen LogP contribution < -0.4 is 15.5 Å². The van der Waals surface area contributed by atoms with Gasteiger partial charge in [0, 0.05) is 22.7 Å². The van der Waals surface area contributed by atoms with E-state index in [4.69, 9.17) is 4.42 Å². The van der Waals surface area contributed by atoms with Gasteiger partial charge < -0.3 is 9.32 Å². The van der Waals surface area contributed by atoms with Gasteiger partial charge >= 0.3 is 0 Å². The molecule has 0 saturated heterocycles. The van der Waals surface area contributed by atoms with Gasteiger partial charge in [-0.1, -0.05) is 92.8 Å². The van der Waals surface area contributed by atoms with Gasteiger partial charge in [0.2, 0.25) is 0 Å². The molecule has 0 saturated carbocycles. The molecule has 3 aromatic carbocycles. The second-order valence-corrected chi connectivity index (χ2v) is 10.5. The second kappa shape index (κ2) is 7.61. The Morgan fingerprint density at radius 1 is 0.857 bits per heavy atom. The minimum absolute atomic E-state index is 0.0759. The highest BCUT2D eigenvalue weighted by Gasteiger charge is 2.45. The molecule has 0 fully saturated rings. The predicted molar refractivity (Wildman–Crippen MR) is 145 cm³/mol. The van der Waals surface area contributed by atoms with Crippen molar-refractivity contribution in [2.75, 3.05) is 4.90 Å². The monoisotopic (exact) mass is 455 g/mol. The smallest absolute Gasteiger partial charge is 0.137 e. The molecule has 4 aromatic rings. The fourth-order valence-corrected chi connectivity index (χ4v) is 6.56. The van der Waals surface area contributed by atoms with Crippen molar-refractivity contribution < 1.29 is 4.42 Å². The van der Waals surface area contributed by atoms with Crippen LogP contribution in [-0.4, -0.2) is 6.04 Å². The van der Waals surface area contributed by atoms with Gasteiger partial charge in [-0.2, -0.15) is 0 Å². The SMILES string of the molecule is CC1(C)c2ccccc2C2C=c3c(oc4cccc(N(c5ccccc5)C5C=CC=CC5)c34)=CC21. The highest BCUT2D eigenvalue weighted by Crippen LogP contribution is 2.52. The molecule has 2 heteroatoms. The number of hydrogen-bond acceptors (Lipinski definition) is 2. The number of nitrogens with zero attached hydrogens (tertiary/aromatic N) is 1. The first-order valence-electron chi connectivity index (χ1n) is 12.7. The summed E-state index contributed by atoms with van der Waals surface area (Å²) in [6.07, 6.45) is 14.7. The Bertz CT molecular complexity index is 1620. The van der Waals surface area contributed by atoms with E-state index < -0.39 is 0 Å². The van der Waals surface area contributed by atoms with Gasteiger partial charge in [0.1, 0.15) is 11.0 Å². The molecule has 0 amide bonds. The first-order valence-corrected chi connectivity index (χ1v) is 12.7. The lowest BCUT2D eigenvalue weighted by Gasteiger charge is -2.33. The van der Waals surface area contributed by atoms with Crippen molar-refractivity contribution >= 4 is 34.5 Å². The van der Waals surface area contributed by atoms with E-state index in [-0.39, 0.29) is 11.5 Å². The number of allylic oxidation sites excluding steroid dienone is 2. The number of benzene rings is 3. The van der Waals surface area contributed by atoms with Gasteiger partial charge in [0.25, 0.3) is 0 Å². The molecule has 0 aliphatic heterocycles. The Balaban J connectivity index is 1.49. The van der Waals surface area contributed by atoms with E-state index in [1.54, 1.807) is 0 Å². The van der Waals surface area contributed by atoms with Crippen LogP contribution in [0.1, 0.15) is 37.3 Å². The van der Waals surface area contributed by atoms with Crippen LogP contribution in [0.5, 0.6) is 0 Å². The number of rotatable bonds is 3. The van der Waals surface area contributed by atoms with Crippen LogP contribution in [0.2, 0.25) is 0 Å². The summed E-state index contributed by atoms with van der Waals surface area (Å²) in [6, 6.07) is 26.5. The van der Waals surface area contributed by atoms with Gasteiger partial charge in [0.15, 0.2) is 0 Å². The van der Waals surface area contributed by atoms with Crippen molar-refractivity contribution in [3.63, 3.8) is 0 Å². The summed E-state index contributed by atoms with van der Waals surface area (Å²) in [5.41, 5.74) is 7.37. The number of hydrogen-bond donors (Lipinski definition) is 0. The van der Waals surface area contributed by atoms with Crippen molar-refractivity contribution in [2.45, 2.75) is 37.6 Å². The molecule has 0 spiro atoms. The minimum Gasteiger partial charge on any atom is -0.456 e. The third-order valence-corrected chi connectivity index (χ3v) is 8.25. The van der Waals surface area contributed by atoms with E-state index in [9.17, 15) is 0 Å². The van der Waals surface area contributed by atoms with Crippen molar-refractivity contribution in [1.82, 2.24) is 0 Å². The lowest BCUT2D eigenvalue weighted by atomic mass is 9.74. The van der Waals surface area contributed by atoms with Crippen molar-refractivity contribution in [2.24, 2.45) is 5.92 Å². The summed E-state index contributed by atoms with van der Waals surface area (Å²) < 4.78 is 6.56. The third kappa shape index (κ3) is 3.02. The van der Waals surface area contributed by atoms with Crippen LogP contribution in [0, 0.1) is 5.92 Å². The highest BCUT2D eigenvalue weighted by molar-refractivity contribution is 5.95. The topological polar surface area (TPSA) is 16.4 Å². The molecular formula is C33H29NO. The molecule has 172 valence electrons. The van der Waals surface area contributed by atoms with Gasteiger partial charge in [0.05, 0.1) is 17.1 Å². The quantitative estimate of drug-likeness (QED) is 0.341. The van der Waals surface area contributed by atoms with E-state index in [0.29, 0.717) is 11.8 Å². The molecule has 3 aliphatic carbocycles. The first-order chi connectivity index (χ1) is 17.1. The summed E-state index contributed by atoms with van der Waals surface area (Å²) in [5, 5.41) is 2.45. The molecular weight excluding hydrogens is 426 g/mol. The van der Waals surface area contributed by atoms with Gasteiger partial charge in [-0.15, -0.1) is 0 Å². The molecule has 1 aromatic heterocycles. The average Bonchev–Trinajstić information content (AvgIpc) is 3.37. The van der Waals surface area contributed by atoms with Crippen LogP contribution in [0.4, 0.5) is 11.4 Å². The lowest BCUT2D eigenvalue weighted by molar-refractivity contribution is 0.415. The largest absolute Gasteiger partial charge is 0.456 e. The summed E-state index contributed by atoms with van der Waals surface area (Å²) in [6.45, 7) is 4.75. The molecule has 0 bridgehead atoms. The summed E-state index contributed by atoms with van der Waals surface area (Å²) >= 11 is 0. The van der Waals surface area contributed by atoms with E-state index in [2.05, 4.69) is 128 Å². The molecule has 1 heterocycles. The lowest BCUT2D eigenvalue weighted by Crippen LogP contribution is -2.35. The fourth-order valence-electron chi connectivity index (χ4n) is 6.56. The van der Waals surface area contributed by atoms with Crippen molar-refractivity contribution in [1.29, 1.82) is 0 Å². The van der Waals surface area contributed by atoms with Crippen LogP contribution in [0.25, 0.3) is 23.1 Å². The Morgan fingerprint density at radius 3 is 2.51 bits per heavy atom. The number of furan rings is 1. The predicted octanol–water partition coefficient (Wildman–Crippen LogP) is 6.72. The van der Waals surface area contributed by atoms with Crippen LogP contribution in [0.3, 0.4) is 0 Å². The summed E-state index contributed by atoms with van der Waals surface area (Å²) in [4.78, 5) is 2.48. The minimum atomic E-state index is 0.0759. The zero-order valence-electron chi connectivity index (χ0n) is 20.2. The molecule has 3 aliphatic rings. The fraction of sp³-hybridized carbons (Fsp3) is 0.212. The number of anilines is 2. The van der Waals surface area contributed by atoms with E-state index in [0.717, 1.165) is 17.4 Å². The van der Waals surface area contributed by atoms with Crippen LogP contribution in [-0.2, 0) is 5.41 Å². The average molecular weight is 456 g/mol. The molecule has 2 nitrogen and oxygen atoms in total. The zero-order chi connectivity index (χ0) is 23.6. The normalized spacial score (nSPS) is 23.2. The Hall–Kier alpha value is -3.78. The van der Waals surface area contributed by atoms with Crippen molar-refractivity contribution in [3.8, 4) is 0 Å². The maximum absolute atomic E-state index is 6.56. The third-order valence-electron chi connectivity index (χ3n) is 8.25. The molecule has 3 unspecified atom stereocenters. The van der Waals surface area contributed by atoms with Crippen molar-refractivity contribution in [3.05, 3.63) is 119 Å². The van der Waals surface area contributed by atoms with Gasteiger partial charge in [-0.05, 0) is 53.3 Å². The maximum atomic E-state index is 6.56. The Kier molecular flexibility index (Phi) is 4.48. The summed E-state index contributed by atoms with van der Waals surface area (Å²) in [7, 11) is 0. The number of para-hydroxylation sites is 1. The Morgan fingerprint density at radius 2 is 1.69 bits per heavy atom. The second-order valence-electron chi connectivity index (χ2n) is 10.5. The molecule has 3 atom stereocenters. The molecule has 0 radical (unpaired) electrons. The van der Waals surface area contributed by atoms with E-state index >= 15 is 0 Å². The molecule has 0 N–H and O–H groups in total. The standard InChI is InChI=1S/C33H29NO/c1-33(2)27-17-10-9-16-24(27)25-20-26-31(21-28(25)33)35-30-19-11-18-29(32(26)30)34(22-12-5-3-6-13-22)23-14-7-4-8-15-23/h3-14,16-21,23,25,28H,15H2,1-2H3.